The molecule has 3 heterocycles. The van der Waals surface area contributed by atoms with Crippen LogP contribution in [0.3, 0.4) is 0 Å². The van der Waals surface area contributed by atoms with Gasteiger partial charge in [-0.1, -0.05) is 5.21 Å². The fraction of sp³-hybridized carbons (Fsp3) is 0.500. The Morgan fingerprint density at radius 3 is 2.78 bits per heavy atom. The molecular formula is C14H18N6O2S. The molecule has 1 N–H and O–H groups in total. The van der Waals surface area contributed by atoms with E-state index in [2.05, 4.69) is 20.6 Å². The van der Waals surface area contributed by atoms with Gasteiger partial charge in [-0.2, -0.15) is 0 Å². The van der Waals surface area contributed by atoms with E-state index in [1.54, 1.807) is 17.1 Å². The predicted octanol–water partition coefficient (Wildman–Crippen LogP) is 1.29. The van der Waals surface area contributed by atoms with Crippen molar-refractivity contribution in [2.45, 2.75) is 45.8 Å². The Balaban J connectivity index is 1.67. The first-order valence-corrected chi connectivity index (χ1v) is 8.19. The molecule has 0 bridgehead atoms. The van der Waals surface area contributed by atoms with Crippen molar-refractivity contribution in [2.75, 3.05) is 0 Å². The molecule has 1 unspecified atom stereocenters. The first kappa shape index (κ1) is 15.6. The number of aryl methyl sites for hydroxylation is 1. The second-order valence-corrected chi connectivity index (χ2v) is 7.08. The summed E-state index contributed by atoms with van der Waals surface area (Å²) in [5.74, 6) is -0.236. The number of carbonyl (C=O) groups is 2. The molecule has 0 saturated carbocycles. The van der Waals surface area contributed by atoms with E-state index in [4.69, 9.17) is 0 Å². The van der Waals surface area contributed by atoms with Crippen molar-refractivity contribution in [1.82, 2.24) is 30.2 Å². The second-order valence-electron chi connectivity index (χ2n) is 5.76. The van der Waals surface area contributed by atoms with Crippen LogP contribution in [0.5, 0.6) is 0 Å². The zero-order chi connectivity index (χ0) is 16.6. The number of imide groups is 1. The Hall–Kier alpha value is -2.29. The van der Waals surface area contributed by atoms with Crippen molar-refractivity contribution in [2.24, 2.45) is 0 Å². The highest BCUT2D eigenvalue weighted by atomic mass is 32.1. The molecule has 0 radical (unpaired) electrons. The van der Waals surface area contributed by atoms with Gasteiger partial charge in [0.15, 0.2) is 0 Å². The third-order valence-electron chi connectivity index (χ3n) is 3.59. The highest BCUT2D eigenvalue weighted by Gasteiger charge is 2.38. The van der Waals surface area contributed by atoms with Gasteiger partial charge < -0.3 is 5.32 Å². The zero-order valence-corrected chi connectivity index (χ0v) is 14.0. The smallest absolute Gasteiger partial charge is 0.325 e. The Bertz CT molecular complexity index is 737. The zero-order valence-electron chi connectivity index (χ0n) is 13.2. The molecule has 2 aromatic rings. The van der Waals surface area contributed by atoms with E-state index in [0.29, 0.717) is 12.1 Å². The highest BCUT2D eigenvalue weighted by molar-refractivity contribution is 7.11. The van der Waals surface area contributed by atoms with Gasteiger partial charge in [0.1, 0.15) is 6.04 Å². The summed E-state index contributed by atoms with van der Waals surface area (Å²) in [6.07, 6.45) is 3.84. The van der Waals surface area contributed by atoms with Crippen molar-refractivity contribution in [3.8, 4) is 0 Å². The maximum absolute atomic E-state index is 12.4. The normalized spacial score (nSPS) is 18.1. The molecule has 9 heteroatoms. The molecule has 0 aromatic carbocycles. The first-order valence-electron chi connectivity index (χ1n) is 7.38. The first-order chi connectivity index (χ1) is 10.9. The molecule has 0 spiro atoms. The van der Waals surface area contributed by atoms with E-state index in [1.165, 1.54) is 16.2 Å². The number of thiazole rings is 1. The van der Waals surface area contributed by atoms with E-state index in [1.807, 2.05) is 20.8 Å². The minimum Gasteiger partial charge on any atom is -0.325 e. The lowest BCUT2D eigenvalue weighted by molar-refractivity contribution is -0.127. The summed E-state index contributed by atoms with van der Waals surface area (Å²) in [6, 6.07) is -0.757. The molecule has 1 atom stereocenters. The summed E-state index contributed by atoms with van der Waals surface area (Å²) in [6.45, 7) is 6.14. The molecule has 0 aliphatic carbocycles. The van der Waals surface area contributed by atoms with E-state index in [9.17, 15) is 9.59 Å². The van der Waals surface area contributed by atoms with Crippen LogP contribution >= 0.6 is 11.3 Å². The van der Waals surface area contributed by atoms with Crippen LogP contribution in [0.2, 0.25) is 0 Å². The van der Waals surface area contributed by atoms with Crippen molar-refractivity contribution < 1.29 is 9.59 Å². The molecule has 122 valence electrons. The number of urea groups is 1. The fourth-order valence-electron chi connectivity index (χ4n) is 2.37. The molecule has 1 saturated heterocycles. The number of hydrogen-bond acceptors (Lipinski definition) is 6. The van der Waals surface area contributed by atoms with Crippen LogP contribution in [0.4, 0.5) is 4.79 Å². The van der Waals surface area contributed by atoms with Crippen molar-refractivity contribution in [3.05, 3.63) is 28.0 Å². The molecule has 3 amide bonds. The second kappa shape index (κ2) is 6.07. The fourth-order valence-corrected chi connectivity index (χ4v) is 3.15. The maximum Gasteiger partial charge on any atom is 0.325 e. The standard InChI is InChI=1S/C14H18N6O2S/c1-8(2)20-6-10(17-18-20)4-12-13(21)19(14(22)16-12)7-11-5-15-9(3)23-11/h5-6,8,12H,4,7H2,1-3H3,(H,16,22). The van der Waals surface area contributed by atoms with Gasteiger partial charge >= 0.3 is 6.03 Å². The Morgan fingerprint density at radius 1 is 1.39 bits per heavy atom. The average Bonchev–Trinajstić information content (AvgIpc) is 3.17. The third kappa shape index (κ3) is 3.24. The SMILES string of the molecule is Cc1ncc(CN2C(=O)NC(Cc3cn(C(C)C)nn3)C2=O)s1. The van der Waals surface area contributed by atoms with Gasteiger partial charge in [-0.15, -0.1) is 16.4 Å². The number of carbonyl (C=O) groups excluding carboxylic acids is 2. The van der Waals surface area contributed by atoms with Crippen LogP contribution in [0.25, 0.3) is 0 Å². The van der Waals surface area contributed by atoms with Gasteiger partial charge in [-0.05, 0) is 20.8 Å². The van der Waals surface area contributed by atoms with Gasteiger partial charge in [-0.3, -0.25) is 9.69 Å². The molecule has 1 aliphatic heterocycles. The molecule has 1 fully saturated rings. The van der Waals surface area contributed by atoms with Crippen LogP contribution in [-0.4, -0.2) is 42.9 Å². The van der Waals surface area contributed by atoms with Gasteiger partial charge in [-0.25, -0.2) is 14.5 Å². The van der Waals surface area contributed by atoms with Crippen LogP contribution in [0.15, 0.2) is 12.4 Å². The quantitative estimate of drug-likeness (QED) is 0.832. The molecule has 3 rings (SSSR count). The summed E-state index contributed by atoms with van der Waals surface area (Å²) in [4.78, 5) is 30.7. The Kier molecular flexibility index (Phi) is 4.12. The van der Waals surface area contributed by atoms with Gasteiger partial charge in [0.25, 0.3) is 5.91 Å². The number of aromatic nitrogens is 4. The lowest BCUT2D eigenvalue weighted by Crippen LogP contribution is -2.32. The molecule has 23 heavy (non-hydrogen) atoms. The largest absolute Gasteiger partial charge is 0.325 e. The summed E-state index contributed by atoms with van der Waals surface area (Å²) >= 11 is 1.48. The number of amides is 3. The van der Waals surface area contributed by atoms with Crippen LogP contribution in [-0.2, 0) is 17.8 Å². The van der Waals surface area contributed by atoms with E-state index in [-0.39, 0.29) is 24.5 Å². The highest BCUT2D eigenvalue weighted by Crippen LogP contribution is 2.18. The Morgan fingerprint density at radius 2 is 2.17 bits per heavy atom. The summed E-state index contributed by atoms with van der Waals surface area (Å²) in [5.41, 5.74) is 0.688. The predicted molar refractivity (Wildman–Crippen MR) is 83.8 cm³/mol. The van der Waals surface area contributed by atoms with E-state index >= 15 is 0 Å². The lowest BCUT2D eigenvalue weighted by Gasteiger charge is -2.10. The van der Waals surface area contributed by atoms with Gasteiger partial charge in [0, 0.05) is 29.7 Å². The monoisotopic (exact) mass is 334 g/mol. The number of rotatable bonds is 5. The van der Waals surface area contributed by atoms with Crippen molar-refractivity contribution >= 4 is 23.3 Å². The van der Waals surface area contributed by atoms with Crippen LogP contribution in [0.1, 0.15) is 35.5 Å². The minimum atomic E-state index is -0.589. The summed E-state index contributed by atoms with van der Waals surface area (Å²) in [7, 11) is 0. The van der Waals surface area contributed by atoms with Crippen molar-refractivity contribution in [1.29, 1.82) is 0 Å². The van der Waals surface area contributed by atoms with E-state index < -0.39 is 6.04 Å². The lowest BCUT2D eigenvalue weighted by atomic mass is 10.1. The third-order valence-corrected chi connectivity index (χ3v) is 4.49. The molecular weight excluding hydrogens is 316 g/mol. The summed E-state index contributed by atoms with van der Waals surface area (Å²) < 4.78 is 1.73. The van der Waals surface area contributed by atoms with E-state index in [0.717, 1.165) is 9.88 Å². The van der Waals surface area contributed by atoms with Gasteiger partial charge in [0.2, 0.25) is 0 Å². The molecule has 1 aliphatic rings. The molecule has 2 aromatic heterocycles. The minimum absolute atomic E-state index is 0.205. The van der Waals surface area contributed by atoms with Gasteiger partial charge in [0.05, 0.1) is 17.2 Å². The summed E-state index contributed by atoms with van der Waals surface area (Å²) in [5, 5.41) is 11.7. The topological polar surface area (TPSA) is 93.0 Å². The number of nitrogens with zero attached hydrogens (tertiary/aromatic N) is 5. The molecule has 8 nitrogen and oxygen atoms in total. The average molecular weight is 334 g/mol. The maximum atomic E-state index is 12.4. The number of hydrogen-bond donors (Lipinski definition) is 1. The Labute approximate surface area is 137 Å². The van der Waals surface area contributed by atoms with Crippen molar-refractivity contribution in [3.63, 3.8) is 0 Å². The number of nitrogens with one attached hydrogen (secondary N) is 1. The van der Waals surface area contributed by atoms with Crippen LogP contribution < -0.4 is 5.32 Å². The van der Waals surface area contributed by atoms with Crippen LogP contribution in [0, 0.1) is 6.92 Å².